The summed E-state index contributed by atoms with van der Waals surface area (Å²) in [7, 11) is 1.29. The number of amides is 1. The van der Waals surface area contributed by atoms with Crippen molar-refractivity contribution < 1.29 is 19.1 Å². The van der Waals surface area contributed by atoms with E-state index in [9.17, 15) is 14.9 Å². The quantitative estimate of drug-likeness (QED) is 0.421. The van der Waals surface area contributed by atoms with Crippen molar-refractivity contribution in [1.82, 2.24) is 10.2 Å². The zero-order chi connectivity index (χ0) is 18.8. The minimum absolute atomic E-state index is 0.0772. The van der Waals surface area contributed by atoms with E-state index in [-0.39, 0.29) is 5.57 Å². The summed E-state index contributed by atoms with van der Waals surface area (Å²) in [6.07, 6.45) is 1.28. The number of rotatable bonds is 7. The summed E-state index contributed by atoms with van der Waals surface area (Å²) in [6.45, 7) is 4.20. The molecule has 1 fully saturated rings. The Morgan fingerprint density at radius 3 is 2.77 bits per heavy atom. The molecule has 0 bridgehead atoms. The van der Waals surface area contributed by atoms with Crippen LogP contribution >= 0.6 is 0 Å². The average molecular weight is 358 g/mol. The fourth-order valence-electron chi connectivity index (χ4n) is 2.44. The van der Waals surface area contributed by atoms with Crippen molar-refractivity contribution in [2.45, 2.75) is 0 Å². The summed E-state index contributed by atoms with van der Waals surface area (Å²) in [6, 6.07) is 8.55. The monoisotopic (exact) mass is 358 g/mol. The molecule has 0 aliphatic carbocycles. The highest BCUT2D eigenvalue weighted by molar-refractivity contribution is 5.98. The predicted molar refractivity (Wildman–Crippen MR) is 95.4 cm³/mol. The van der Waals surface area contributed by atoms with Crippen molar-refractivity contribution in [2.75, 3.05) is 51.8 Å². The van der Waals surface area contributed by atoms with E-state index in [1.54, 1.807) is 24.3 Å². The topological polar surface area (TPSA) is 104 Å². The minimum Gasteiger partial charge on any atom is -0.465 e. The number of benzene rings is 1. The lowest BCUT2D eigenvalue weighted by molar-refractivity contribution is -0.117. The normalized spacial score (nSPS) is 15.0. The number of para-hydroxylation sites is 1. The molecule has 2 N–H and O–H groups in total. The standard InChI is InChI=1S/C18H22N4O4/c1-25-18(24)15-4-2-3-5-16(15)21-13-14(12-19)17(23)20-6-7-22-8-10-26-11-9-22/h2-5,13,21H,6-11H2,1H3,(H,20,23)/b14-13-. The summed E-state index contributed by atoms with van der Waals surface area (Å²) in [5.74, 6) is -0.973. The van der Waals surface area contributed by atoms with E-state index in [1.807, 2.05) is 6.07 Å². The third kappa shape index (κ3) is 5.58. The molecule has 1 aliphatic heterocycles. The molecule has 26 heavy (non-hydrogen) atoms. The molecule has 8 nitrogen and oxygen atoms in total. The van der Waals surface area contributed by atoms with Crippen LogP contribution in [0.1, 0.15) is 10.4 Å². The smallest absolute Gasteiger partial charge is 0.339 e. The summed E-state index contributed by atoms with van der Waals surface area (Å²) >= 11 is 0. The van der Waals surface area contributed by atoms with Gasteiger partial charge < -0.3 is 20.1 Å². The minimum atomic E-state index is -0.505. The van der Waals surface area contributed by atoms with Gasteiger partial charge in [0.1, 0.15) is 11.6 Å². The van der Waals surface area contributed by atoms with Crippen LogP contribution < -0.4 is 10.6 Å². The van der Waals surface area contributed by atoms with Crippen molar-refractivity contribution in [3.8, 4) is 6.07 Å². The Kier molecular flexibility index (Phi) is 7.61. The number of carbonyl (C=O) groups is 2. The largest absolute Gasteiger partial charge is 0.465 e. The summed E-state index contributed by atoms with van der Waals surface area (Å²) in [4.78, 5) is 26.1. The summed E-state index contributed by atoms with van der Waals surface area (Å²) < 4.78 is 9.98. The third-order valence-corrected chi connectivity index (χ3v) is 3.89. The number of morpholine rings is 1. The van der Waals surface area contributed by atoms with Crippen LogP contribution in [0.2, 0.25) is 0 Å². The van der Waals surface area contributed by atoms with Crippen LogP contribution in [0, 0.1) is 11.3 Å². The highest BCUT2D eigenvalue weighted by Gasteiger charge is 2.13. The van der Waals surface area contributed by atoms with Gasteiger partial charge in [-0.25, -0.2) is 4.79 Å². The molecule has 0 aromatic heterocycles. The number of methoxy groups -OCH3 is 1. The van der Waals surface area contributed by atoms with Crippen molar-refractivity contribution in [3.05, 3.63) is 41.6 Å². The lowest BCUT2D eigenvalue weighted by Gasteiger charge is -2.26. The Labute approximate surface area is 152 Å². The molecule has 1 aromatic carbocycles. The molecule has 0 atom stereocenters. The molecular weight excluding hydrogens is 336 g/mol. The molecular formula is C18H22N4O4. The molecule has 0 saturated carbocycles. The van der Waals surface area contributed by atoms with Gasteiger partial charge in [0, 0.05) is 32.4 Å². The first kappa shape index (κ1) is 19.4. The number of nitrogens with one attached hydrogen (secondary N) is 2. The van der Waals surface area contributed by atoms with E-state index < -0.39 is 11.9 Å². The molecule has 0 radical (unpaired) electrons. The molecule has 1 saturated heterocycles. The SMILES string of the molecule is COC(=O)c1ccccc1N/C=C(/C#N)C(=O)NCCN1CCOCC1. The van der Waals surface area contributed by atoms with Gasteiger partial charge in [0.2, 0.25) is 0 Å². The molecule has 1 heterocycles. The first-order valence-electron chi connectivity index (χ1n) is 8.28. The predicted octanol–water partition coefficient (Wildman–Crippen LogP) is 0.741. The van der Waals surface area contributed by atoms with Gasteiger partial charge in [0.05, 0.1) is 31.6 Å². The first-order chi connectivity index (χ1) is 12.7. The Hall–Kier alpha value is -2.89. The van der Waals surface area contributed by atoms with E-state index in [0.717, 1.165) is 13.1 Å². The van der Waals surface area contributed by atoms with Crippen LogP contribution in [0.3, 0.4) is 0 Å². The number of hydrogen-bond acceptors (Lipinski definition) is 7. The van der Waals surface area contributed by atoms with Crippen molar-refractivity contribution >= 4 is 17.6 Å². The van der Waals surface area contributed by atoms with E-state index >= 15 is 0 Å². The van der Waals surface area contributed by atoms with Crippen LogP contribution in [0.4, 0.5) is 5.69 Å². The summed E-state index contributed by atoms with van der Waals surface area (Å²) in [5.41, 5.74) is 0.691. The van der Waals surface area contributed by atoms with Crippen molar-refractivity contribution in [2.24, 2.45) is 0 Å². The zero-order valence-corrected chi connectivity index (χ0v) is 14.7. The van der Waals surface area contributed by atoms with E-state index in [2.05, 4.69) is 15.5 Å². The van der Waals surface area contributed by atoms with Crippen LogP contribution in [-0.2, 0) is 14.3 Å². The van der Waals surface area contributed by atoms with Crippen LogP contribution in [0.5, 0.6) is 0 Å². The van der Waals surface area contributed by atoms with Crippen molar-refractivity contribution in [1.29, 1.82) is 5.26 Å². The van der Waals surface area contributed by atoms with Gasteiger partial charge in [-0.2, -0.15) is 5.26 Å². The Morgan fingerprint density at radius 1 is 1.35 bits per heavy atom. The fraction of sp³-hybridized carbons (Fsp3) is 0.389. The highest BCUT2D eigenvalue weighted by Crippen LogP contribution is 2.16. The molecule has 0 spiro atoms. The number of nitrogens with zero attached hydrogens (tertiary/aromatic N) is 2. The maximum Gasteiger partial charge on any atom is 0.339 e. The second-order valence-electron chi connectivity index (χ2n) is 5.56. The van der Waals surface area contributed by atoms with Crippen LogP contribution in [0.25, 0.3) is 0 Å². The molecule has 1 aliphatic rings. The Balaban J connectivity index is 1.92. The maximum absolute atomic E-state index is 12.1. The van der Waals surface area contributed by atoms with Gasteiger partial charge in [-0.15, -0.1) is 0 Å². The molecule has 138 valence electrons. The second kappa shape index (κ2) is 10.2. The molecule has 1 aromatic rings. The number of anilines is 1. The lowest BCUT2D eigenvalue weighted by Crippen LogP contribution is -2.41. The fourth-order valence-corrected chi connectivity index (χ4v) is 2.44. The molecule has 1 amide bonds. The maximum atomic E-state index is 12.1. The zero-order valence-electron chi connectivity index (χ0n) is 14.7. The van der Waals surface area contributed by atoms with Gasteiger partial charge >= 0.3 is 5.97 Å². The number of esters is 1. The van der Waals surface area contributed by atoms with E-state index in [4.69, 9.17) is 9.47 Å². The number of nitriles is 1. The van der Waals surface area contributed by atoms with Gasteiger partial charge in [0.15, 0.2) is 0 Å². The number of carbonyl (C=O) groups excluding carboxylic acids is 2. The number of hydrogen-bond donors (Lipinski definition) is 2. The third-order valence-electron chi connectivity index (χ3n) is 3.89. The van der Waals surface area contributed by atoms with E-state index in [0.29, 0.717) is 37.6 Å². The van der Waals surface area contributed by atoms with E-state index in [1.165, 1.54) is 13.3 Å². The van der Waals surface area contributed by atoms with Gasteiger partial charge in [-0.3, -0.25) is 9.69 Å². The van der Waals surface area contributed by atoms with Crippen LogP contribution in [-0.4, -0.2) is 63.3 Å². The van der Waals surface area contributed by atoms with Gasteiger partial charge in [-0.1, -0.05) is 12.1 Å². The first-order valence-corrected chi connectivity index (χ1v) is 8.28. The molecule has 0 unspecified atom stereocenters. The average Bonchev–Trinajstić information content (AvgIpc) is 2.69. The van der Waals surface area contributed by atoms with Gasteiger partial charge in [0.25, 0.3) is 5.91 Å². The summed E-state index contributed by atoms with van der Waals surface area (Å²) in [5, 5.41) is 14.8. The molecule has 2 rings (SSSR count). The highest BCUT2D eigenvalue weighted by atomic mass is 16.5. The van der Waals surface area contributed by atoms with Crippen LogP contribution in [0.15, 0.2) is 36.0 Å². The Morgan fingerprint density at radius 2 is 2.08 bits per heavy atom. The number of ether oxygens (including phenoxy) is 2. The Bertz CT molecular complexity index is 705. The van der Waals surface area contributed by atoms with Gasteiger partial charge in [-0.05, 0) is 12.1 Å². The second-order valence-corrected chi connectivity index (χ2v) is 5.56. The lowest BCUT2D eigenvalue weighted by atomic mass is 10.2. The van der Waals surface area contributed by atoms with Crippen molar-refractivity contribution in [3.63, 3.8) is 0 Å². The molecule has 8 heteroatoms.